The van der Waals surface area contributed by atoms with Crippen LogP contribution < -0.4 is 0 Å². The van der Waals surface area contributed by atoms with Crippen LogP contribution in [0, 0.1) is 13.8 Å². The van der Waals surface area contributed by atoms with Gasteiger partial charge in [-0.2, -0.15) is 13.2 Å². The first kappa shape index (κ1) is 17.9. The van der Waals surface area contributed by atoms with Crippen LogP contribution in [0.15, 0.2) is 67.0 Å². The van der Waals surface area contributed by atoms with Crippen molar-refractivity contribution in [2.75, 3.05) is 0 Å². The summed E-state index contributed by atoms with van der Waals surface area (Å²) in [5.74, 6) is 0. The lowest BCUT2D eigenvalue weighted by Crippen LogP contribution is -2.04. The van der Waals surface area contributed by atoms with Gasteiger partial charge >= 0.3 is 6.18 Å². The highest BCUT2D eigenvalue weighted by atomic mass is 19.4. The number of hydrogen-bond acceptors (Lipinski definition) is 2. The maximum Gasteiger partial charge on any atom is 0.416 e. The Bertz CT molecular complexity index is 1050. The average Bonchev–Trinajstić information content (AvgIpc) is 2.62. The Morgan fingerprint density at radius 1 is 0.692 bits per heavy atom. The summed E-state index contributed by atoms with van der Waals surface area (Å²) in [5, 5.41) is 2.00. The number of benzene rings is 2. The summed E-state index contributed by atoms with van der Waals surface area (Å²) in [6.45, 7) is 3.95. The maximum atomic E-state index is 12.4. The van der Waals surface area contributed by atoms with Crippen molar-refractivity contribution in [3.8, 4) is 0 Å². The normalized spacial score (nSPS) is 11.3. The minimum atomic E-state index is -4.31. The highest BCUT2D eigenvalue weighted by Crippen LogP contribution is 2.31. The summed E-state index contributed by atoms with van der Waals surface area (Å²) < 4.78 is 37.2. The Labute approximate surface area is 149 Å². The molecule has 0 aliphatic rings. The van der Waals surface area contributed by atoms with E-state index in [4.69, 9.17) is 0 Å². The van der Waals surface area contributed by atoms with Crippen molar-refractivity contribution in [3.05, 3.63) is 83.7 Å². The van der Waals surface area contributed by atoms with Crippen molar-refractivity contribution in [1.82, 2.24) is 9.97 Å². The molecule has 132 valence electrons. The maximum absolute atomic E-state index is 12.4. The summed E-state index contributed by atoms with van der Waals surface area (Å²) in [5.41, 5.74) is 3.01. The molecule has 0 bridgehead atoms. The van der Waals surface area contributed by atoms with Gasteiger partial charge in [0, 0.05) is 23.2 Å². The van der Waals surface area contributed by atoms with Gasteiger partial charge in [0.2, 0.25) is 0 Å². The Hall–Kier alpha value is -2.95. The van der Waals surface area contributed by atoms with E-state index < -0.39 is 11.7 Å². The molecule has 0 aliphatic carbocycles. The van der Waals surface area contributed by atoms with E-state index in [1.807, 2.05) is 37.4 Å². The molecule has 0 radical (unpaired) electrons. The fraction of sp³-hybridized carbons (Fsp3) is 0.143. The molecule has 5 heteroatoms. The van der Waals surface area contributed by atoms with Crippen LogP contribution >= 0.6 is 0 Å². The van der Waals surface area contributed by atoms with E-state index >= 15 is 0 Å². The standard InChI is InChI=1S/C11H8F3N.C10H9N/c1-7-4-5-15-10-6-8(11(12,13)14)2-3-9(7)10;1-8-6-7-11-10-5-3-2-4-9(8)10/h2-6H,1H3;2-7H,1H3. The van der Waals surface area contributed by atoms with Gasteiger partial charge in [0.05, 0.1) is 16.6 Å². The smallest absolute Gasteiger partial charge is 0.256 e. The number of para-hydroxylation sites is 1. The minimum Gasteiger partial charge on any atom is -0.256 e. The van der Waals surface area contributed by atoms with Gasteiger partial charge in [-0.1, -0.05) is 24.3 Å². The van der Waals surface area contributed by atoms with Crippen molar-refractivity contribution in [1.29, 1.82) is 0 Å². The second kappa shape index (κ2) is 7.12. The molecular formula is C21H17F3N2. The predicted molar refractivity (Wildman–Crippen MR) is 98.0 cm³/mol. The number of halogens is 3. The molecule has 4 rings (SSSR count). The SMILES string of the molecule is Cc1ccnc2cc(C(F)(F)F)ccc12.Cc1ccnc2ccccc12. The summed E-state index contributed by atoms with van der Waals surface area (Å²) in [6, 6.07) is 15.6. The third kappa shape index (κ3) is 3.82. The van der Waals surface area contributed by atoms with Crippen molar-refractivity contribution in [2.45, 2.75) is 20.0 Å². The van der Waals surface area contributed by atoms with Gasteiger partial charge in [-0.3, -0.25) is 9.97 Å². The van der Waals surface area contributed by atoms with E-state index in [9.17, 15) is 13.2 Å². The molecule has 0 fully saturated rings. The van der Waals surface area contributed by atoms with Crippen LogP contribution in [0.25, 0.3) is 21.8 Å². The number of hydrogen-bond donors (Lipinski definition) is 0. The third-order valence-corrected chi connectivity index (χ3v) is 4.16. The summed E-state index contributed by atoms with van der Waals surface area (Å²) in [7, 11) is 0. The number of fused-ring (bicyclic) bond motifs is 2. The van der Waals surface area contributed by atoms with Crippen molar-refractivity contribution in [3.63, 3.8) is 0 Å². The number of alkyl halides is 3. The van der Waals surface area contributed by atoms with Crippen LogP contribution in [0.4, 0.5) is 13.2 Å². The second-order valence-electron chi connectivity index (χ2n) is 6.00. The molecule has 0 saturated carbocycles. The molecule has 0 N–H and O–H groups in total. The van der Waals surface area contributed by atoms with E-state index in [1.54, 1.807) is 6.07 Å². The fourth-order valence-corrected chi connectivity index (χ4v) is 2.71. The first-order chi connectivity index (χ1) is 12.4. The fourth-order valence-electron chi connectivity index (χ4n) is 2.71. The van der Waals surface area contributed by atoms with Crippen molar-refractivity contribution >= 4 is 21.8 Å². The predicted octanol–water partition coefficient (Wildman–Crippen LogP) is 6.11. The van der Waals surface area contributed by atoms with E-state index in [0.29, 0.717) is 5.52 Å². The number of aryl methyl sites for hydroxylation is 2. The summed E-state index contributed by atoms with van der Waals surface area (Å²) in [4.78, 5) is 8.16. The van der Waals surface area contributed by atoms with Gasteiger partial charge in [0.1, 0.15) is 0 Å². The quantitative estimate of drug-likeness (QED) is 0.381. The first-order valence-corrected chi connectivity index (χ1v) is 8.09. The highest BCUT2D eigenvalue weighted by Gasteiger charge is 2.30. The molecule has 0 unspecified atom stereocenters. The van der Waals surface area contributed by atoms with E-state index in [1.165, 1.54) is 23.2 Å². The molecule has 0 atom stereocenters. The lowest BCUT2D eigenvalue weighted by atomic mass is 10.1. The Morgan fingerprint density at radius 2 is 1.27 bits per heavy atom. The van der Waals surface area contributed by atoms with Crippen molar-refractivity contribution < 1.29 is 13.2 Å². The Kier molecular flexibility index (Phi) is 4.89. The second-order valence-corrected chi connectivity index (χ2v) is 6.00. The monoisotopic (exact) mass is 354 g/mol. The lowest BCUT2D eigenvalue weighted by Gasteiger charge is -2.07. The first-order valence-electron chi connectivity index (χ1n) is 8.09. The largest absolute Gasteiger partial charge is 0.416 e. The van der Waals surface area contributed by atoms with Gasteiger partial charge in [-0.05, 0) is 55.3 Å². The Balaban J connectivity index is 0.000000158. The molecule has 2 aromatic heterocycles. The van der Waals surface area contributed by atoms with Crippen LogP contribution in [0.3, 0.4) is 0 Å². The number of pyridine rings is 2. The van der Waals surface area contributed by atoms with E-state index in [2.05, 4.69) is 23.0 Å². The van der Waals surface area contributed by atoms with Gasteiger partial charge in [-0.25, -0.2) is 0 Å². The third-order valence-electron chi connectivity index (χ3n) is 4.16. The van der Waals surface area contributed by atoms with Crippen molar-refractivity contribution in [2.24, 2.45) is 0 Å². The zero-order valence-electron chi connectivity index (χ0n) is 14.4. The molecule has 0 aliphatic heterocycles. The molecule has 2 nitrogen and oxygen atoms in total. The summed E-state index contributed by atoms with van der Waals surface area (Å²) in [6.07, 6.45) is -0.949. The molecule has 26 heavy (non-hydrogen) atoms. The minimum absolute atomic E-state index is 0.379. The van der Waals surface area contributed by atoms with Gasteiger partial charge in [0.25, 0.3) is 0 Å². The van der Waals surface area contributed by atoms with Crippen LogP contribution in [0.5, 0.6) is 0 Å². The van der Waals surface area contributed by atoms with Crippen LogP contribution in [-0.4, -0.2) is 9.97 Å². The molecular weight excluding hydrogens is 337 g/mol. The van der Waals surface area contributed by atoms with E-state index in [-0.39, 0.29) is 0 Å². The van der Waals surface area contributed by atoms with Crippen LogP contribution in [0.1, 0.15) is 16.7 Å². The molecule has 0 saturated heterocycles. The van der Waals surface area contributed by atoms with Gasteiger partial charge in [-0.15, -0.1) is 0 Å². The number of aromatic nitrogens is 2. The zero-order valence-corrected chi connectivity index (χ0v) is 14.4. The zero-order chi connectivity index (χ0) is 18.7. The van der Waals surface area contributed by atoms with Gasteiger partial charge in [0.15, 0.2) is 0 Å². The van der Waals surface area contributed by atoms with E-state index in [0.717, 1.165) is 28.6 Å². The van der Waals surface area contributed by atoms with Crippen LogP contribution in [-0.2, 0) is 6.18 Å². The highest BCUT2D eigenvalue weighted by molar-refractivity contribution is 5.82. The Morgan fingerprint density at radius 3 is 1.88 bits per heavy atom. The number of rotatable bonds is 0. The lowest BCUT2D eigenvalue weighted by molar-refractivity contribution is -0.137. The van der Waals surface area contributed by atoms with Crippen LogP contribution in [0.2, 0.25) is 0 Å². The average molecular weight is 354 g/mol. The molecule has 2 aromatic carbocycles. The molecule has 2 heterocycles. The molecule has 0 amide bonds. The van der Waals surface area contributed by atoms with Gasteiger partial charge < -0.3 is 0 Å². The topological polar surface area (TPSA) is 25.8 Å². The molecule has 0 spiro atoms. The summed E-state index contributed by atoms with van der Waals surface area (Å²) >= 11 is 0. The number of nitrogens with zero attached hydrogens (tertiary/aromatic N) is 2. The molecule has 4 aromatic rings.